The van der Waals surface area contributed by atoms with Crippen LogP contribution in [0.5, 0.6) is 0 Å². The Morgan fingerprint density at radius 2 is 2.05 bits per heavy atom. The smallest absolute Gasteiger partial charge is 0.221 e. The first-order valence-electron chi connectivity index (χ1n) is 7.36. The number of benzene rings is 1. The van der Waals surface area contributed by atoms with Crippen LogP contribution in [0.1, 0.15) is 37.3 Å². The highest BCUT2D eigenvalue weighted by molar-refractivity contribution is 5.76. The van der Waals surface area contributed by atoms with Crippen molar-refractivity contribution < 1.29 is 4.79 Å². The van der Waals surface area contributed by atoms with E-state index in [-0.39, 0.29) is 5.91 Å². The van der Waals surface area contributed by atoms with Crippen LogP contribution >= 0.6 is 0 Å². The molecule has 1 aliphatic rings. The van der Waals surface area contributed by atoms with Gasteiger partial charge in [0.25, 0.3) is 0 Å². The molecule has 3 nitrogen and oxygen atoms in total. The van der Waals surface area contributed by atoms with Crippen LogP contribution < -0.4 is 10.6 Å². The SMILES string of the molecule is CCc1ccc(CCNC(=O)CC2CCCN2)cc1. The van der Waals surface area contributed by atoms with Gasteiger partial charge in [-0.3, -0.25) is 4.79 Å². The van der Waals surface area contributed by atoms with Crippen molar-refractivity contribution in [1.29, 1.82) is 0 Å². The average Bonchev–Trinajstić information content (AvgIpc) is 2.92. The second-order valence-electron chi connectivity index (χ2n) is 5.27. The van der Waals surface area contributed by atoms with Crippen LogP contribution in [0.15, 0.2) is 24.3 Å². The number of nitrogens with one attached hydrogen (secondary N) is 2. The quantitative estimate of drug-likeness (QED) is 0.822. The molecule has 0 aliphatic carbocycles. The number of hydrogen-bond acceptors (Lipinski definition) is 2. The number of amides is 1. The monoisotopic (exact) mass is 260 g/mol. The summed E-state index contributed by atoms with van der Waals surface area (Å²) in [6, 6.07) is 9.04. The zero-order valence-corrected chi connectivity index (χ0v) is 11.7. The lowest BCUT2D eigenvalue weighted by Crippen LogP contribution is -2.32. The van der Waals surface area contributed by atoms with Gasteiger partial charge in [-0.2, -0.15) is 0 Å². The van der Waals surface area contributed by atoms with E-state index < -0.39 is 0 Å². The molecule has 1 unspecified atom stereocenters. The van der Waals surface area contributed by atoms with Gasteiger partial charge in [-0.25, -0.2) is 0 Å². The molecule has 2 rings (SSSR count). The largest absolute Gasteiger partial charge is 0.356 e. The van der Waals surface area contributed by atoms with E-state index in [1.165, 1.54) is 17.5 Å². The Morgan fingerprint density at radius 3 is 2.68 bits per heavy atom. The van der Waals surface area contributed by atoms with E-state index in [0.29, 0.717) is 12.5 Å². The predicted octanol–water partition coefficient (Wildman–Crippen LogP) is 2.05. The molecule has 3 heteroatoms. The third-order valence-electron chi connectivity index (χ3n) is 3.76. The Balaban J connectivity index is 1.65. The number of rotatable bonds is 6. The summed E-state index contributed by atoms with van der Waals surface area (Å²) < 4.78 is 0. The lowest BCUT2D eigenvalue weighted by Gasteiger charge is -2.10. The average molecular weight is 260 g/mol. The van der Waals surface area contributed by atoms with Crippen LogP contribution in [0.4, 0.5) is 0 Å². The molecule has 1 heterocycles. The molecule has 2 N–H and O–H groups in total. The van der Waals surface area contributed by atoms with Crippen molar-refractivity contribution in [1.82, 2.24) is 10.6 Å². The summed E-state index contributed by atoms with van der Waals surface area (Å²) >= 11 is 0. The van der Waals surface area contributed by atoms with Gasteiger partial charge in [-0.15, -0.1) is 0 Å². The molecule has 0 spiro atoms. The maximum absolute atomic E-state index is 11.7. The van der Waals surface area contributed by atoms with E-state index in [1.807, 2.05) is 0 Å². The molecule has 19 heavy (non-hydrogen) atoms. The first-order chi connectivity index (χ1) is 9.28. The Hall–Kier alpha value is -1.35. The molecule has 0 radical (unpaired) electrons. The van der Waals surface area contributed by atoms with Gasteiger partial charge in [-0.1, -0.05) is 31.2 Å². The first kappa shape index (κ1) is 14.1. The zero-order chi connectivity index (χ0) is 13.5. The molecule has 1 fully saturated rings. The molecule has 0 bridgehead atoms. The Morgan fingerprint density at radius 1 is 1.32 bits per heavy atom. The summed E-state index contributed by atoms with van der Waals surface area (Å²) in [4.78, 5) is 11.7. The molecule has 1 amide bonds. The lowest BCUT2D eigenvalue weighted by molar-refractivity contribution is -0.121. The molecule has 0 saturated carbocycles. The third kappa shape index (κ3) is 4.67. The highest BCUT2D eigenvalue weighted by Crippen LogP contribution is 2.08. The highest BCUT2D eigenvalue weighted by atomic mass is 16.1. The van der Waals surface area contributed by atoms with Crippen LogP contribution in [0.3, 0.4) is 0 Å². The summed E-state index contributed by atoms with van der Waals surface area (Å²) in [5.74, 6) is 0.171. The fraction of sp³-hybridized carbons (Fsp3) is 0.562. The second kappa shape index (κ2) is 7.29. The van der Waals surface area contributed by atoms with Crippen molar-refractivity contribution in [2.24, 2.45) is 0 Å². The van der Waals surface area contributed by atoms with Crippen molar-refractivity contribution in [3.05, 3.63) is 35.4 Å². The van der Waals surface area contributed by atoms with Crippen molar-refractivity contribution in [3.8, 4) is 0 Å². The standard InChI is InChI=1S/C16H24N2O/c1-2-13-5-7-14(8-6-13)9-11-18-16(19)12-15-4-3-10-17-15/h5-8,15,17H,2-4,9-12H2,1H3,(H,18,19). The van der Waals surface area contributed by atoms with E-state index in [0.717, 1.165) is 32.4 Å². The number of carbonyl (C=O) groups excluding carboxylic acids is 1. The molecule has 1 atom stereocenters. The third-order valence-corrected chi connectivity index (χ3v) is 3.76. The predicted molar refractivity (Wildman–Crippen MR) is 78.2 cm³/mol. The second-order valence-corrected chi connectivity index (χ2v) is 5.27. The minimum Gasteiger partial charge on any atom is -0.356 e. The van der Waals surface area contributed by atoms with Gasteiger partial charge in [0.05, 0.1) is 0 Å². The number of carbonyl (C=O) groups is 1. The minimum atomic E-state index is 0.171. The van der Waals surface area contributed by atoms with Gasteiger partial charge in [0.1, 0.15) is 0 Å². The molecular weight excluding hydrogens is 236 g/mol. The summed E-state index contributed by atoms with van der Waals surface area (Å²) in [7, 11) is 0. The van der Waals surface area contributed by atoms with E-state index in [9.17, 15) is 4.79 Å². The van der Waals surface area contributed by atoms with Gasteiger partial charge in [0.2, 0.25) is 5.91 Å². The topological polar surface area (TPSA) is 41.1 Å². The summed E-state index contributed by atoms with van der Waals surface area (Å²) in [6.07, 6.45) is 4.93. The fourth-order valence-electron chi connectivity index (χ4n) is 2.51. The van der Waals surface area contributed by atoms with Crippen LogP contribution in [0, 0.1) is 0 Å². The van der Waals surface area contributed by atoms with Crippen molar-refractivity contribution in [3.63, 3.8) is 0 Å². The van der Waals surface area contributed by atoms with E-state index in [2.05, 4.69) is 41.8 Å². The van der Waals surface area contributed by atoms with E-state index in [4.69, 9.17) is 0 Å². The number of aryl methyl sites for hydroxylation is 1. The van der Waals surface area contributed by atoms with E-state index in [1.54, 1.807) is 0 Å². The van der Waals surface area contributed by atoms with Crippen molar-refractivity contribution in [2.75, 3.05) is 13.1 Å². The van der Waals surface area contributed by atoms with Crippen molar-refractivity contribution in [2.45, 2.75) is 45.1 Å². The van der Waals surface area contributed by atoms with Crippen LogP contribution in [0.2, 0.25) is 0 Å². The van der Waals surface area contributed by atoms with Gasteiger partial charge in [0.15, 0.2) is 0 Å². The van der Waals surface area contributed by atoms with Gasteiger partial charge in [0, 0.05) is 19.0 Å². The number of hydrogen-bond donors (Lipinski definition) is 2. The van der Waals surface area contributed by atoms with Crippen LogP contribution in [-0.4, -0.2) is 25.0 Å². The molecule has 1 aromatic carbocycles. The Kier molecular flexibility index (Phi) is 5.40. The Labute approximate surface area is 115 Å². The minimum absolute atomic E-state index is 0.171. The van der Waals surface area contributed by atoms with Gasteiger partial charge in [-0.05, 0) is 43.4 Å². The molecule has 104 valence electrons. The maximum Gasteiger partial charge on any atom is 0.221 e. The van der Waals surface area contributed by atoms with Gasteiger partial charge >= 0.3 is 0 Å². The fourth-order valence-corrected chi connectivity index (χ4v) is 2.51. The highest BCUT2D eigenvalue weighted by Gasteiger charge is 2.16. The molecular formula is C16H24N2O. The summed E-state index contributed by atoms with van der Waals surface area (Å²) in [5, 5.41) is 6.36. The van der Waals surface area contributed by atoms with Crippen molar-refractivity contribution >= 4 is 5.91 Å². The van der Waals surface area contributed by atoms with Crippen LogP contribution in [0.25, 0.3) is 0 Å². The summed E-state index contributed by atoms with van der Waals surface area (Å²) in [6.45, 7) is 3.95. The normalized spacial score (nSPS) is 18.5. The summed E-state index contributed by atoms with van der Waals surface area (Å²) in [5.41, 5.74) is 2.65. The van der Waals surface area contributed by atoms with Crippen LogP contribution in [-0.2, 0) is 17.6 Å². The molecule has 0 aromatic heterocycles. The molecule has 1 saturated heterocycles. The first-order valence-corrected chi connectivity index (χ1v) is 7.36. The van der Waals surface area contributed by atoms with E-state index >= 15 is 0 Å². The van der Waals surface area contributed by atoms with Gasteiger partial charge < -0.3 is 10.6 Å². The molecule has 1 aliphatic heterocycles. The zero-order valence-electron chi connectivity index (χ0n) is 11.7. The Bertz CT molecular complexity index is 394. The lowest BCUT2D eigenvalue weighted by atomic mass is 10.1. The molecule has 1 aromatic rings. The maximum atomic E-state index is 11.7.